The van der Waals surface area contributed by atoms with E-state index in [-0.39, 0.29) is 17.9 Å². The van der Waals surface area contributed by atoms with Crippen LogP contribution in [-0.4, -0.2) is 21.7 Å². The Kier molecular flexibility index (Phi) is 4.77. The van der Waals surface area contributed by atoms with Gasteiger partial charge in [0.25, 0.3) is 0 Å². The molecule has 0 bridgehead atoms. The van der Waals surface area contributed by atoms with E-state index in [2.05, 4.69) is 140 Å². The zero-order chi connectivity index (χ0) is 25.4. The van der Waals surface area contributed by atoms with Crippen LogP contribution < -0.4 is 5.46 Å². The van der Waals surface area contributed by atoms with Crippen molar-refractivity contribution in [2.75, 3.05) is 0 Å². The number of fused-ring (bicyclic) bond motifs is 5. The van der Waals surface area contributed by atoms with Crippen molar-refractivity contribution in [1.82, 2.24) is 9.13 Å². The maximum Gasteiger partial charge on any atom is 0.327 e. The molecular weight excluding hydrogens is 451 g/mol. The van der Waals surface area contributed by atoms with Gasteiger partial charge in [-0.3, -0.25) is 0 Å². The number of rotatable bonds is 3. The van der Waals surface area contributed by atoms with Gasteiger partial charge in [0.2, 0.25) is 0 Å². The fourth-order valence-corrected chi connectivity index (χ4v) is 6.04. The topological polar surface area (TPSA) is 19.1 Å². The summed E-state index contributed by atoms with van der Waals surface area (Å²) >= 11 is 0. The molecular formula is C33H31BN2O. The Morgan fingerprint density at radius 2 is 1.41 bits per heavy atom. The van der Waals surface area contributed by atoms with E-state index in [1.807, 2.05) is 0 Å². The summed E-state index contributed by atoms with van der Waals surface area (Å²) in [6, 6.07) is 35.1. The van der Waals surface area contributed by atoms with Crippen LogP contribution in [0.4, 0.5) is 0 Å². The summed E-state index contributed by atoms with van der Waals surface area (Å²) in [5, 5.41) is 3.77. The highest BCUT2D eigenvalue weighted by Crippen LogP contribution is 2.45. The van der Waals surface area contributed by atoms with Crippen LogP contribution in [0.5, 0.6) is 0 Å². The van der Waals surface area contributed by atoms with Gasteiger partial charge < -0.3 is 13.8 Å². The van der Waals surface area contributed by atoms with Crippen molar-refractivity contribution in [2.24, 2.45) is 5.41 Å². The van der Waals surface area contributed by atoms with Gasteiger partial charge in [0.05, 0.1) is 22.2 Å². The Hall–Kier alpha value is -3.76. The van der Waals surface area contributed by atoms with E-state index in [9.17, 15) is 0 Å². The molecule has 3 nitrogen and oxygen atoms in total. The molecule has 0 atom stereocenters. The van der Waals surface area contributed by atoms with Crippen molar-refractivity contribution in [3.05, 3.63) is 103 Å². The third-order valence-electron chi connectivity index (χ3n) is 8.78. The minimum absolute atomic E-state index is 0.0986. The molecule has 37 heavy (non-hydrogen) atoms. The molecule has 1 aliphatic rings. The van der Waals surface area contributed by atoms with Crippen LogP contribution in [0.3, 0.4) is 0 Å². The van der Waals surface area contributed by atoms with Crippen LogP contribution in [0, 0.1) is 5.41 Å². The Morgan fingerprint density at radius 1 is 0.703 bits per heavy atom. The van der Waals surface area contributed by atoms with Crippen molar-refractivity contribution in [2.45, 2.75) is 39.6 Å². The summed E-state index contributed by atoms with van der Waals surface area (Å²) < 4.78 is 11.4. The van der Waals surface area contributed by atoms with E-state index >= 15 is 0 Å². The Labute approximate surface area is 218 Å². The zero-order valence-electron chi connectivity index (χ0n) is 21.9. The van der Waals surface area contributed by atoms with E-state index in [1.165, 1.54) is 49.5 Å². The second-order valence-electron chi connectivity index (χ2n) is 11.6. The first kappa shape index (κ1) is 22.4. The summed E-state index contributed by atoms with van der Waals surface area (Å²) in [5.74, 6) is 0. The molecule has 0 saturated carbocycles. The molecule has 4 aromatic carbocycles. The highest BCUT2D eigenvalue weighted by atomic mass is 16.5. The van der Waals surface area contributed by atoms with Crippen molar-refractivity contribution in [3.8, 4) is 11.4 Å². The normalized spacial score (nSPS) is 16.8. The van der Waals surface area contributed by atoms with Crippen molar-refractivity contribution < 1.29 is 4.65 Å². The molecule has 7 rings (SSSR count). The fraction of sp³-hybridized carbons (Fsp3) is 0.212. The number of hydrogen-bond donors (Lipinski definition) is 0. The second kappa shape index (κ2) is 7.87. The molecule has 0 radical (unpaired) electrons. The van der Waals surface area contributed by atoms with Gasteiger partial charge in [-0.1, -0.05) is 74.5 Å². The number of benzene rings is 4. The van der Waals surface area contributed by atoms with E-state index in [0.717, 1.165) is 6.32 Å². The standard InChI is InChI=1S/C33H31BN2O/c1-32(2)22-34(37-33(32,3)4)24-16-18-29-28(21-24)27-17-15-23-19-20-35(25-11-7-5-8-12-25)30(23)31(27)36(29)26-13-9-6-10-14-26/h5-21H,22H2,1-4H3. The molecule has 0 aliphatic carbocycles. The van der Waals surface area contributed by atoms with Gasteiger partial charge in [-0.15, -0.1) is 0 Å². The molecule has 1 fully saturated rings. The Bertz CT molecular complexity index is 1760. The van der Waals surface area contributed by atoms with Gasteiger partial charge in [-0.05, 0) is 67.4 Å². The minimum atomic E-state index is -0.159. The molecule has 3 heterocycles. The molecule has 0 spiro atoms. The van der Waals surface area contributed by atoms with Gasteiger partial charge in [0.1, 0.15) is 0 Å². The number of aromatic nitrogens is 2. The summed E-state index contributed by atoms with van der Waals surface area (Å²) in [7, 11) is 0. The minimum Gasteiger partial charge on any atom is -0.426 e. The van der Waals surface area contributed by atoms with Crippen molar-refractivity contribution in [1.29, 1.82) is 0 Å². The summed E-state index contributed by atoms with van der Waals surface area (Å²) in [4.78, 5) is 0. The van der Waals surface area contributed by atoms with Gasteiger partial charge in [-0.2, -0.15) is 0 Å². The lowest BCUT2D eigenvalue weighted by Crippen LogP contribution is -2.36. The summed E-state index contributed by atoms with van der Waals surface area (Å²) in [5.41, 5.74) is 7.23. The van der Waals surface area contributed by atoms with E-state index < -0.39 is 0 Å². The molecule has 1 aliphatic heterocycles. The van der Waals surface area contributed by atoms with Gasteiger partial charge in [0, 0.05) is 33.7 Å². The first-order valence-electron chi connectivity index (χ1n) is 13.2. The number of hydrogen-bond acceptors (Lipinski definition) is 1. The largest absolute Gasteiger partial charge is 0.426 e. The highest BCUT2D eigenvalue weighted by molar-refractivity contribution is 6.68. The fourth-order valence-electron chi connectivity index (χ4n) is 6.04. The average molecular weight is 482 g/mol. The first-order chi connectivity index (χ1) is 17.8. The molecule has 1 saturated heterocycles. The van der Waals surface area contributed by atoms with Crippen molar-refractivity contribution in [3.63, 3.8) is 0 Å². The quantitative estimate of drug-likeness (QED) is 0.236. The van der Waals surface area contributed by atoms with Crippen LogP contribution in [-0.2, 0) is 4.65 Å². The molecule has 0 N–H and O–H groups in total. The van der Waals surface area contributed by atoms with Crippen molar-refractivity contribution >= 4 is 45.1 Å². The van der Waals surface area contributed by atoms with E-state index in [4.69, 9.17) is 4.65 Å². The number of para-hydroxylation sites is 2. The maximum atomic E-state index is 6.63. The monoisotopic (exact) mass is 482 g/mol. The van der Waals surface area contributed by atoms with E-state index in [0.29, 0.717) is 0 Å². The molecule has 0 amide bonds. The Balaban J connectivity index is 1.54. The summed E-state index contributed by atoms with van der Waals surface area (Å²) in [6.45, 7) is 9.19. The zero-order valence-corrected chi connectivity index (χ0v) is 21.9. The highest BCUT2D eigenvalue weighted by Gasteiger charge is 2.49. The van der Waals surface area contributed by atoms with Crippen LogP contribution in [0.1, 0.15) is 27.7 Å². The van der Waals surface area contributed by atoms with Crippen LogP contribution in [0.15, 0.2) is 103 Å². The predicted molar refractivity (Wildman–Crippen MR) is 157 cm³/mol. The smallest absolute Gasteiger partial charge is 0.327 e. The third kappa shape index (κ3) is 3.32. The first-order valence-corrected chi connectivity index (χ1v) is 13.2. The molecule has 6 aromatic rings. The summed E-state index contributed by atoms with van der Waals surface area (Å²) in [6.07, 6.45) is 3.21. The molecule has 4 heteroatoms. The lowest BCUT2D eigenvalue weighted by molar-refractivity contribution is 0.0375. The second-order valence-corrected chi connectivity index (χ2v) is 11.6. The molecule has 2 aromatic heterocycles. The van der Waals surface area contributed by atoms with Crippen LogP contribution in [0.2, 0.25) is 6.32 Å². The predicted octanol–water partition coefficient (Wildman–Crippen LogP) is 7.76. The molecule has 0 unspecified atom stereocenters. The van der Waals surface area contributed by atoms with Gasteiger partial charge >= 0.3 is 6.92 Å². The Morgan fingerprint density at radius 3 is 2.08 bits per heavy atom. The van der Waals surface area contributed by atoms with Gasteiger partial charge in [-0.25, -0.2) is 0 Å². The number of nitrogens with zero attached hydrogens (tertiary/aromatic N) is 2. The maximum absolute atomic E-state index is 6.63. The molecule has 182 valence electrons. The lowest BCUT2D eigenvalue weighted by atomic mass is 9.54. The van der Waals surface area contributed by atoms with Gasteiger partial charge in [0.15, 0.2) is 0 Å². The van der Waals surface area contributed by atoms with Crippen LogP contribution in [0.25, 0.3) is 44.1 Å². The lowest BCUT2D eigenvalue weighted by Gasteiger charge is -2.34. The third-order valence-corrected chi connectivity index (χ3v) is 8.78. The van der Waals surface area contributed by atoms with E-state index in [1.54, 1.807) is 0 Å². The van der Waals surface area contributed by atoms with Crippen LogP contribution >= 0.6 is 0 Å². The SMILES string of the molecule is CC1(C)CB(c2ccc3c(c2)c2ccc4ccn(-c5ccccc5)c4c2n3-c2ccccc2)OC1(C)C. The average Bonchev–Trinajstić information content (AvgIpc) is 3.54.